The van der Waals surface area contributed by atoms with Gasteiger partial charge in [-0.15, -0.1) is 0 Å². The van der Waals surface area contributed by atoms with E-state index in [1.54, 1.807) is 12.1 Å². The fourth-order valence-electron chi connectivity index (χ4n) is 2.15. The first-order valence-electron chi connectivity index (χ1n) is 7.13. The van der Waals surface area contributed by atoms with Crippen LogP contribution in [0.4, 0.5) is 0 Å². The number of rotatable bonds is 5. The SMILES string of the molecule is CNC(=O)c1cccc(S(=O)(=O)NC[C@@H]2CNCCOC2)c1. The molecule has 8 heteroatoms. The van der Waals surface area contributed by atoms with Gasteiger partial charge in [0, 0.05) is 38.2 Å². The maximum atomic E-state index is 12.3. The van der Waals surface area contributed by atoms with Gasteiger partial charge in [-0.05, 0) is 18.2 Å². The van der Waals surface area contributed by atoms with Crippen LogP contribution in [0.3, 0.4) is 0 Å². The normalized spacial score (nSPS) is 19.4. The zero-order chi connectivity index (χ0) is 16.0. The largest absolute Gasteiger partial charge is 0.380 e. The standard InChI is InChI=1S/C14H21N3O4S/c1-15-14(18)12-3-2-4-13(7-12)22(19,20)17-9-11-8-16-5-6-21-10-11/h2-4,7,11,16-17H,5-6,8-10H2,1H3,(H,15,18)/t11-/m0/s1. The number of hydrogen-bond donors (Lipinski definition) is 3. The van der Waals surface area contributed by atoms with Crippen molar-refractivity contribution in [3.05, 3.63) is 29.8 Å². The lowest BCUT2D eigenvalue weighted by molar-refractivity contribution is 0.0963. The highest BCUT2D eigenvalue weighted by atomic mass is 32.2. The van der Waals surface area contributed by atoms with Crippen LogP contribution in [0.25, 0.3) is 0 Å². The molecule has 22 heavy (non-hydrogen) atoms. The molecule has 0 radical (unpaired) electrons. The summed E-state index contributed by atoms with van der Waals surface area (Å²) in [5, 5.41) is 5.66. The number of hydrogen-bond acceptors (Lipinski definition) is 5. The number of carbonyl (C=O) groups is 1. The second kappa shape index (κ2) is 7.68. The predicted octanol–water partition coefficient (Wildman–Crippen LogP) is -0.439. The summed E-state index contributed by atoms with van der Waals surface area (Å²) in [6, 6.07) is 5.95. The summed E-state index contributed by atoms with van der Waals surface area (Å²) >= 11 is 0. The third-order valence-electron chi connectivity index (χ3n) is 3.41. The van der Waals surface area contributed by atoms with Crippen molar-refractivity contribution < 1.29 is 17.9 Å². The Balaban J connectivity index is 2.04. The van der Waals surface area contributed by atoms with E-state index in [1.807, 2.05) is 0 Å². The summed E-state index contributed by atoms with van der Waals surface area (Å²) in [5.74, 6) is -0.238. The van der Waals surface area contributed by atoms with Crippen molar-refractivity contribution in [2.45, 2.75) is 4.90 Å². The fourth-order valence-corrected chi connectivity index (χ4v) is 3.31. The Kier molecular flexibility index (Phi) is 5.90. The van der Waals surface area contributed by atoms with Crippen molar-refractivity contribution in [3.8, 4) is 0 Å². The summed E-state index contributed by atoms with van der Waals surface area (Å²) in [4.78, 5) is 11.7. The number of ether oxygens (including phenoxy) is 1. The minimum Gasteiger partial charge on any atom is -0.380 e. The summed E-state index contributed by atoms with van der Waals surface area (Å²) in [6.45, 7) is 2.93. The van der Waals surface area contributed by atoms with E-state index >= 15 is 0 Å². The first-order valence-corrected chi connectivity index (χ1v) is 8.61. The van der Waals surface area contributed by atoms with Gasteiger partial charge < -0.3 is 15.4 Å². The van der Waals surface area contributed by atoms with Crippen molar-refractivity contribution in [2.75, 3.05) is 39.9 Å². The lowest BCUT2D eigenvalue weighted by atomic mass is 10.2. The summed E-state index contributed by atoms with van der Waals surface area (Å²) in [6.07, 6.45) is 0. The number of sulfonamides is 1. The second-order valence-corrected chi connectivity index (χ2v) is 6.87. The van der Waals surface area contributed by atoms with Gasteiger partial charge in [0.1, 0.15) is 0 Å². The Hall–Kier alpha value is -1.48. The van der Waals surface area contributed by atoms with Crippen LogP contribution in [-0.2, 0) is 14.8 Å². The maximum Gasteiger partial charge on any atom is 0.251 e. The quantitative estimate of drug-likeness (QED) is 0.681. The molecular weight excluding hydrogens is 306 g/mol. The van der Waals surface area contributed by atoms with Gasteiger partial charge in [-0.2, -0.15) is 0 Å². The van der Waals surface area contributed by atoms with Crippen LogP contribution in [0.5, 0.6) is 0 Å². The average molecular weight is 327 g/mol. The van der Waals surface area contributed by atoms with Crippen molar-refractivity contribution in [1.82, 2.24) is 15.4 Å². The molecule has 1 heterocycles. The van der Waals surface area contributed by atoms with E-state index in [4.69, 9.17) is 4.74 Å². The molecule has 7 nitrogen and oxygen atoms in total. The zero-order valence-electron chi connectivity index (χ0n) is 12.5. The van der Waals surface area contributed by atoms with E-state index < -0.39 is 10.0 Å². The van der Waals surface area contributed by atoms with Crippen LogP contribution in [0.2, 0.25) is 0 Å². The molecule has 122 valence electrons. The van der Waals surface area contributed by atoms with Gasteiger partial charge in [-0.3, -0.25) is 4.79 Å². The smallest absolute Gasteiger partial charge is 0.251 e. The molecule has 1 aliphatic heterocycles. The van der Waals surface area contributed by atoms with E-state index in [9.17, 15) is 13.2 Å². The summed E-state index contributed by atoms with van der Waals surface area (Å²) in [5.41, 5.74) is 0.310. The Morgan fingerprint density at radius 2 is 2.27 bits per heavy atom. The van der Waals surface area contributed by atoms with E-state index in [-0.39, 0.29) is 16.7 Å². The van der Waals surface area contributed by atoms with Crippen molar-refractivity contribution in [1.29, 1.82) is 0 Å². The van der Waals surface area contributed by atoms with E-state index in [0.29, 0.717) is 31.9 Å². The van der Waals surface area contributed by atoms with E-state index in [1.165, 1.54) is 19.2 Å². The Morgan fingerprint density at radius 1 is 1.45 bits per heavy atom. The van der Waals surface area contributed by atoms with Crippen LogP contribution in [0.15, 0.2) is 29.2 Å². The van der Waals surface area contributed by atoms with Gasteiger partial charge in [-0.1, -0.05) is 6.07 Å². The highest BCUT2D eigenvalue weighted by molar-refractivity contribution is 7.89. The monoisotopic (exact) mass is 327 g/mol. The highest BCUT2D eigenvalue weighted by Gasteiger charge is 2.19. The molecule has 1 fully saturated rings. The zero-order valence-corrected chi connectivity index (χ0v) is 13.3. The molecule has 2 rings (SSSR count). The van der Waals surface area contributed by atoms with Gasteiger partial charge in [0.05, 0.1) is 18.1 Å². The van der Waals surface area contributed by atoms with Gasteiger partial charge in [0.25, 0.3) is 5.91 Å². The maximum absolute atomic E-state index is 12.3. The Bertz CT molecular complexity index is 610. The molecule has 1 saturated heterocycles. The molecule has 1 aromatic rings. The molecule has 1 aliphatic rings. The molecule has 0 bridgehead atoms. The van der Waals surface area contributed by atoms with Crippen molar-refractivity contribution in [3.63, 3.8) is 0 Å². The average Bonchev–Trinajstić information content (AvgIpc) is 2.81. The molecule has 1 amide bonds. The molecule has 1 atom stereocenters. The van der Waals surface area contributed by atoms with Gasteiger partial charge in [0.2, 0.25) is 10.0 Å². The fraction of sp³-hybridized carbons (Fsp3) is 0.500. The third-order valence-corrected chi connectivity index (χ3v) is 4.83. The Morgan fingerprint density at radius 3 is 3.05 bits per heavy atom. The minimum atomic E-state index is -3.65. The van der Waals surface area contributed by atoms with Gasteiger partial charge in [-0.25, -0.2) is 13.1 Å². The van der Waals surface area contributed by atoms with Crippen LogP contribution in [0, 0.1) is 5.92 Å². The highest BCUT2D eigenvalue weighted by Crippen LogP contribution is 2.12. The molecule has 0 aliphatic carbocycles. The van der Waals surface area contributed by atoms with E-state index in [0.717, 1.165) is 6.54 Å². The molecule has 1 aromatic carbocycles. The minimum absolute atomic E-state index is 0.0797. The van der Waals surface area contributed by atoms with E-state index in [2.05, 4.69) is 15.4 Å². The van der Waals surface area contributed by atoms with Crippen LogP contribution < -0.4 is 15.4 Å². The Labute approximate surface area is 130 Å². The van der Waals surface area contributed by atoms with Crippen LogP contribution >= 0.6 is 0 Å². The van der Waals surface area contributed by atoms with Gasteiger partial charge in [0.15, 0.2) is 0 Å². The van der Waals surface area contributed by atoms with Crippen molar-refractivity contribution in [2.24, 2.45) is 5.92 Å². The summed E-state index contributed by atoms with van der Waals surface area (Å²) in [7, 11) is -2.15. The second-order valence-electron chi connectivity index (χ2n) is 5.10. The predicted molar refractivity (Wildman–Crippen MR) is 82.2 cm³/mol. The lowest BCUT2D eigenvalue weighted by Gasteiger charge is -2.15. The molecule has 0 saturated carbocycles. The summed E-state index contributed by atoms with van der Waals surface area (Å²) < 4.78 is 32.6. The van der Waals surface area contributed by atoms with Gasteiger partial charge >= 0.3 is 0 Å². The molecule has 0 spiro atoms. The van der Waals surface area contributed by atoms with Crippen LogP contribution in [-0.4, -0.2) is 54.2 Å². The number of nitrogens with one attached hydrogen (secondary N) is 3. The lowest BCUT2D eigenvalue weighted by Crippen LogP contribution is -2.35. The molecular formula is C14H21N3O4S. The number of carbonyl (C=O) groups excluding carboxylic acids is 1. The topological polar surface area (TPSA) is 96.5 Å². The number of benzene rings is 1. The number of amides is 1. The molecule has 3 N–H and O–H groups in total. The third kappa shape index (κ3) is 4.51. The first kappa shape index (κ1) is 16.9. The van der Waals surface area contributed by atoms with Crippen LogP contribution in [0.1, 0.15) is 10.4 Å². The van der Waals surface area contributed by atoms with Crippen molar-refractivity contribution >= 4 is 15.9 Å². The molecule has 0 aromatic heterocycles. The molecule has 0 unspecified atom stereocenters. The first-order chi connectivity index (χ1) is 10.5.